The molecule has 0 fully saturated rings. The predicted octanol–water partition coefficient (Wildman–Crippen LogP) is 4.07. The van der Waals surface area contributed by atoms with Crippen molar-refractivity contribution in [3.8, 4) is 5.69 Å². The number of carbonyl (C=O) groups is 1. The molecule has 3 aromatic rings. The molecular weight excluding hydrogens is 378 g/mol. The van der Waals surface area contributed by atoms with Gasteiger partial charge in [-0.1, -0.05) is 23.9 Å². The molecule has 142 valence electrons. The Morgan fingerprint density at radius 1 is 1.26 bits per heavy atom. The lowest BCUT2D eigenvalue weighted by molar-refractivity contribution is -0.119. The molecule has 1 amide bonds. The number of hydrogen-bond donors (Lipinski definition) is 1. The van der Waals surface area contributed by atoms with Crippen molar-refractivity contribution < 1.29 is 4.79 Å². The van der Waals surface area contributed by atoms with Gasteiger partial charge in [-0.25, -0.2) is 4.98 Å². The maximum Gasteiger partial charge on any atom is 0.276 e. The first-order valence-electron chi connectivity index (χ1n) is 8.68. The molecule has 2 heterocycles. The number of benzene rings is 1. The summed E-state index contributed by atoms with van der Waals surface area (Å²) in [5, 5.41) is 5.34. The molecule has 3 rings (SSSR count). The maximum atomic E-state index is 13.2. The Morgan fingerprint density at radius 3 is 2.70 bits per heavy atom. The zero-order chi connectivity index (χ0) is 19.8. The van der Waals surface area contributed by atoms with E-state index in [1.165, 1.54) is 23.1 Å². The van der Waals surface area contributed by atoms with E-state index in [2.05, 4.69) is 10.3 Å². The molecule has 0 unspecified atom stereocenters. The normalized spacial score (nSPS) is 11.7. The summed E-state index contributed by atoms with van der Waals surface area (Å²) >= 11 is 2.67. The van der Waals surface area contributed by atoms with Gasteiger partial charge in [0.25, 0.3) is 5.56 Å². The van der Waals surface area contributed by atoms with Crippen LogP contribution in [0.5, 0.6) is 0 Å². The minimum atomic E-state index is -0.296. The molecular formula is C20H23N3O2S2. The number of hydrogen-bond acceptors (Lipinski definition) is 5. The average Bonchev–Trinajstić information content (AvgIpc) is 3.03. The monoisotopic (exact) mass is 401 g/mol. The van der Waals surface area contributed by atoms with Gasteiger partial charge in [0.05, 0.1) is 17.0 Å². The van der Waals surface area contributed by atoms with E-state index in [1.807, 2.05) is 64.3 Å². The Labute approximate surface area is 166 Å². The summed E-state index contributed by atoms with van der Waals surface area (Å²) in [4.78, 5) is 30.1. The highest BCUT2D eigenvalue weighted by Crippen LogP contribution is 2.26. The van der Waals surface area contributed by atoms with Crippen LogP contribution < -0.4 is 10.9 Å². The molecule has 0 spiro atoms. The SMILES string of the molecule is Cc1cccc(-n2c(SCC(=O)NC(C)(C)C)nc3ccsc3c2=O)c1C. The van der Waals surface area contributed by atoms with Crippen molar-refractivity contribution in [2.24, 2.45) is 0 Å². The van der Waals surface area contributed by atoms with Crippen LogP contribution in [0.2, 0.25) is 0 Å². The van der Waals surface area contributed by atoms with Crippen LogP contribution in [0.25, 0.3) is 15.9 Å². The molecule has 0 aliphatic carbocycles. The van der Waals surface area contributed by atoms with Crippen molar-refractivity contribution in [3.05, 3.63) is 51.1 Å². The van der Waals surface area contributed by atoms with Gasteiger partial charge >= 0.3 is 0 Å². The Hall–Kier alpha value is -2.12. The van der Waals surface area contributed by atoms with E-state index in [-0.39, 0.29) is 22.8 Å². The first-order valence-corrected chi connectivity index (χ1v) is 10.5. The van der Waals surface area contributed by atoms with Crippen molar-refractivity contribution in [1.82, 2.24) is 14.9 Å². The van der Waals surface area contributed by atoms with Gasteiger partial charge in [-0.3, -0.25) is 14.2 Å². The summed E-state index contributed by atoms with van der Waals surface area (Å²) in [6.07, 6.45) is 0. The highest BCUT2D eigenvalue weighted by Gasteiger charge is 2.19. The number of amides is 1. The summed E-state index contributed by atoms with van der Waals surface area (Å²) in [6, 6.07) is 7.71. The van der Waals surface area contributed by atoms with Crippen LogP contribution in [-0.4, -0.2) is 26.8 Å². The van der Waals surface area contributed by atoms with Crippen LogP contribution in [0.1, 0.15) is 31.9 Å². The third-order valence-electron chi connectivity index (χ3n) is 4.11. The fourth-order valence-electron chi connectivity index (χ4n) is 2.76. The Bertz CT molecular complexity index is 1060. The van der Waals surface area contributed by atoms with Gasteiger partial charge < -0.3 is 5.32 Å². The third-order valence-corrected chi connectivity index (χ3v) is 5.94. The second kappa shape index (κ2) is 7.48. The number of aryl methyl sites for hydroxylation is 1. The van der Waals surface area contributed by atoms with E-state index in [1.54, 1.807) is 4.57 Å². The van der Waals surface area contributed by atoms with Crippen LogP contribution in [0.3, 0.4) is 0 Å². The summed E-state index contributed by atoms with van der Waals surface area (Å²) < 4.78 is 2.26. The summed E-state index contributed by atoms with van der Waals surface area (Å²) in [6.45, 7) is 9.84. The molecule has 1 N–H and O–H groups in total. The van der Waals surface area contributed by atoms with Crippen molar-refractivity contribution >= 4 is 39.2 Å². The molecule has 0 saturated heterocycles. The van der Waals surface area contributed by atoms with E-state index in [0.717, 1.165) is 16.8 Å². The smallest absolute Gasteiger partial charge is 0.276 e. The molecule has 0 bridgehead atoms. The Kier molecular flexibility index (Phi) is 5.44. The molecule has 2 aromatic heterocycles. The molecule has 5 nitrogen and oxygen atoms in total. The number of carbonyl (C=O) groups excluding carboxylic acids is 1. The number of thioether (sulfide) groups is 1. The quantitative estimate of drug-likeness (QED) is 0.529. The van der Waals surface area contributed by atoms with Crippen LogP contribution in [-0.2, 0) is 4.79 Å². The van der Waals surface area contributed by atoms with Crippen molar-refractivity contribution in [2.45, 2.75) is 45.3 Å². The lowest BCUT2D eigenvalue weighted by atomic mass is 10.1. The van der Waals surface area contributed by atoms with Gasteiger partial charge in [-0.15, -0.1) is 11.3 Å². The van der Waals surface area contributed by atoms with Gasteiger partial charge in [0, 0.05) is 5.54 Å². The fourth-order valence-corrected chi connectivity index (χ4v) is 4.33. The van der Waals surface area contributed by atoms with Crippen molar-refractivity contribution in [2.75, 3.05) is 5.75 Å². The molecule has 0 atom stereocenters. The first kappa shape index (κ1) is 19.6. The zero-order valence-corrected chi connectivity index (χ0v) is 17.8. The van der Waals surface area contributed by atoms with E-state index in [4.69, 9.17) is 0 Å². The van der Waals surface area contributed by atoms with Crippen LogP contribution in [0, 0.1) is 13.8 Å². The lowest BCUT2D eigenvalue weighted by Gasteiger charge is -2.20. The van der Waals surface area contributed by atoms with Crippen molar-refractivity contribution in [1.29, 1.82) is 0 Å². The largest absolute Gasteiger partial charge is 0.351 e. The molecule has 7 heteroatoms. The fraction of sp³-hybridized carbons (Fsp3) is 0.350. The molecule has 0 aliphatic heterocycles. The number of rotatable bonds is 4. The number of aromatic nitrogens is 2. The first-order chi connectivity index (χ1) is 12.7. The second-order valence-electron chi connectivity index (χ2n) is 7.48. The molecule has 27 heavy (non-hydrogen) atoms. The highest BCUT2D eigenvalue weighted by atomic mass is 32.2. The van der Waals surface area contributed by atoms with E-state index in [9.17, 15) is 9.59 Å². The van der Waals surface area contributed by atoms with Gasteiger partial charge in [-0.2, -0.15) is 0 Å². The lowest BCUT2D eigenvalue weighted by Crippen LogP contribution is -2.41. The van der Waals surface area contributed by atoms with Crippen LogP contribution in [0.4, 0.5) is 0 Å². The van der Waals surface area contributed by atoms with Crippen LogP contribution >= 0.6 is 23.1 Å². The van der Waals surface area contributed by atoms with E-state index < -0.39 is 0 Å². The third kappa shape index (κ3) is 4.25. The van der Waals surface area contributed by atoms with Gasteiger partial charge in [0.2, 0.25) is 5.91 Å². The minimum Gasteiger partial charge on any atom is -0.351 e. The summed E-state index contributed by atoms with van der Waals surface area (Å²) in [5.41, 5.74) is 3.22. The molecule has 1 aromatic carbocycles. The Balaban J connectivity index is 2.07. The van der Waals surface area contributed by atoms with Crippen LogP contribution in [0.15, 0.2) is 39.6 Å². The van der Waals surface area contributed by atoms with Gasteiger partial charge in [-0.05, 0) is 63.3 Å². The molecule has 0 aliphatic rings. The maximum absolute atomic E-state index is 13.2. The standard InChI is InChI=1S/C20H23N3O2S2/c1-12-7-6-8-15(13(12)2)23-18(25)17-14(9-10-26-17)21-19(23)27-11-16(24)22-20(3,4)5/h6-10H,11H2,1-5H3,(H,22,24). The minimum absolute atomic E-state index is 0.0836. The second-order valence-corrected chi connectivity index (χ2v) is 9.33. The number of nitrogens with one attached hydrogen (secondary N) is 1. The van der Waals surface area contributed by atoms with E-state index in [0.29, 0.717) is 15.4 Å². The summed E-state index contributed by atoms with van der Waals surface area (Å²) in [7, 11) is 0. The average molecular weight is 402 g/mol. The molecule has 0 saturated carbocycles. The topological polar surface area (TPSA) is 64.0 Å². The summed E-state index contributed by atoms with van der Waals surface area (Å²) in [5.74, 6) is 0.115. The molecule has 0 radical (unpaired) electrons. The number of fused-ring (bicyclic) bond motifs is 1. The van der Waals surface area contributed by atoms with E-state index >= 15 is 0 Å². The number of nitrogens with zero attached hydrogens (tertiary/aromatic N) is 2. The zero-order valence-electron chi connectivity index (χ0n) is 16.1. The van der Waals surface area contributed by atoms with Gasteiger partial charge in [0.1, 0.15) is 4.70 Å². The van der Waals surface area contributed by atoms with Crippen molar-refractivity contribution in [3.63, 3.8) is 0 Å². The number of thiophene rings is 1. The highest BCUT2D eigenvalue weighted by molar-refractivity contribution is 7.99. The van der Waals surface area contributed by atoms with Gasteiger partial charge in [0.15, 0.2) is 5.16 Å². The Morgan fingerprint density at radius 2 is 2.00 bits per heavy atom. The predicted molar refractivity (Wildman–Crippen MR) is 113 cm³/mol.